The van der Waals surface area contributed by atoms with Crippen molar-refractivity contribution in [2.24, 2.45) is 46.3 Å². The Hall–Kier alpha value is -0.0800. The van der Waals surface area contributed by atoms with E-state index in [1.165, 1.54) is 70.6 Å². The Labute approximate surface area is 200 Å². The van der Waals surface area contributed by atoms with Gasteiger partial charge < -0.3 is 10.2 Å². The Morgan fingerprint density at radius 2 is 1.50 bits per heavy atom. The van der Waals surface area contributed by atoms with Crippen LogP contribution in [0.25, 0.3) is 0 Å². The molecule has 2 nitrogen and oxygen atoms in total. The van der Waals surface area contributed by atoms with Crippen LogP contribution in [0.15, 0.2) is 0 Å². The molecule has 4 aliphatic rings. The second-order valence-electron chi connectivity index (χ2n) is 13.1. The van der Waals surface area contributed by atoms with Crippen molar-refractivity contribution in [2.75, 3.05) is 6.61 Å². The number of hydrogen-bond donors (Lipinski definition) is 2. The molecule has 0 heterocycles. The van der Waals surface area contributed by atoms with E-state index in [2.05, 4.69) is 27.7 Å². The predicted octanol–water partition coefficient (Wildman–Crippen LogP) is 8.00. The van der Waals surface area contributed by atoms with E-state index in [-0.39, 0.29) is 0 Å². The van der Waals surface area contributed by atoms with Crippen LogP contribution in [0, 0.1) is 46.3 Å². The first kappa shape index (κ1) is 26.5. The number of fused-ring (bicyclic) bond motifs is 5. The van der Waals surface area contributed by atoms with Crippen LogP contribution in [-0.2, 0) is 0 Å². The molecule has 32 heavy (non-hydrogen) atoms. The van der Waals surface area contributed by atoms with Gasteiger partial charge in [-0.25, -0.2) is 0 Å². The molecule has 0 aromatic heterocycles. The Bertz CT molecular complexity index is 585. The van der Waals surface area contributed by atoms with Crippen molar-refractivity contribution < 1.29 is 10.2 Å². The van der Waals surface area contributed by atoms with Crippen LogP contribution in [0.5, 0.6) is 0 Å². The summed E-state index contributed by atoms with van der Waals surface area (Å²) in [6, 6.07) is 0. The lowest BCUT2D eigenvalue weighted by atomic mass is 9.44. The first-order chi connectivity index (χ1) is 15.2. The van der Waals surface area contributed by atoms with Gasteiger partial charge in [0.05, 0.1) is 5.60 Å². The van der Waals surface area contributed by atoms with Gasteiger partial charge in [0.2, 0.25) is 0 Å². The molecule has 0 aromatic rings. The monoisotopic (exact) mass is 448 g/mol. The highest BCUT2D eigenvalue weighted by molar-refractivity contribution is 5.10. The van der Waals surface area contributed by atoms with E-state index in [0.717, 1.165) is 54.8 Å². The van der Waals surface area contributed by atoms with Gasteiger partial charge in [-0.1, -0.05) is 47.5 Å². The van der Waals surface area contributed by atoms with Crippen molar-refractivity contribution in [3.8, 4) is 0 Å². The topological polar surface area (TPSA) is 40.5 Å². The smallest absolute Gasteiger partial charge is 0.0622 e. The Morgan fingerprint density at radius 1 is 0.812 bits per heavy atom. The summed E-state index contributed by atoms with van der Waals surface area (Å²) in [6.45, 7) is 14.1. The summed E-state index contributed by atoms with van der Waals surface area (Å²) in [5.74, 6) is 5.32. The van der Waals surface area contributed by atoms with Crippen molar-refractivity contribution in [3.63, 3.8) is 0 Å². The molecule has 188 valence electrons. The molecule has 0 saturated heterocycles. The van der Waals surface area contributed by atoms with Gasteiger partial charge in [-0.05, 0) is 130 Å². The van der Waals surface area contributed by atoms with E-state index in [1.54, 1.807) is 0 Å². The fraction of sp³-hybridized carbons (Fsp3) is 1.00. The zero-order valence-corrected chi connectivity index (χ0v) is 22.5. The summed E-state index contributed by atoms with van der Waals surface area (Å²) >= 11 is 0. The van der Waals surface area contributed by atoms with Crippen molar-refractivity contribution >= 4 is 0 Å². The first-order valence-electron chi connectivity index (χ1n) is 14.5. The molecule has 7 unspecified atom stereocenters. The van der Waals surface area contributed by atoms with E-state index in [1.807, 2.05) is 13.8 Å². The highest BCUT2D eigenvalue weighted by Gasteiger charge is 2.60. The molecule has 4 aliphatic carbocycles. The second kappa shape index (κ2) is 10.7. The van der Waals surface area contributed by atoms with Crippen LogP contribution in [0.1, 0.15) is 131 Å². The van der Waals surface area contributed by atoms with Gasteiger partial charge in [0, 0.05) is 6.61 Å². The molecule has 4 fully saturated rings. The van der Waals surface area contributed by atoms with Gasteiger partial charge >= 0.3 is 0 Å². The highest BCUT2D eigenvalue weighted by atomic mass is 16.3. The lowest BCUT2D eigenvalue weighted by Gasteiger charge is -2.62. The molecule has 2 heteroatoms. The standard InChI is InChI=1S/C28H50O2.C2H6/c1-20(8-6-18-29)7-5-9-21-11-13-24-23-12-10-22-19-26(2,30)16-17-28(22,4)25(23)14-15-27(21,24)3;1-2/h20-25,29-30H,5-19H2,1-4H3;1-2H3/t20?,21?,22?,23?,24?,25?,26-,27+,28?;/m0./s1. The predicted molar refractivity (Wildman–Crippen MR) is 137 cm³/mol. The van der Waals surface area contributed by atoms with Crippen molar-refractivity contribution in [1.29, 1.82) is 0 Å². The lowest BCUT2D eigenvalue weighted by Crippen LogP contribution is -2.55. The van der Waals surface area contributed by atoms with Gasteiger partial charge in [0.15, 0.2) is 0 Å². The van der Waals surface area contributed by atoms with Crippen molar-refractivity contribution in [3.05, 3.63) is 0 Å². The van der Waals surface area contributed by atoms with E-state index < -0.39 is 5.60 Å². The third-order valence-electron chi connectivity index (χ3n) is 11.3. The molecule has 9 atom stereocenters. The minimum Gasteiger partial charge on any atom is -0.396 e. The van der Waals surface area contributed by atoms with Crippen LogP contribution in [0.2, 0.25) is 0 Å². The summed E-state index contributed by atoms with van der Waals surface area (Å²) in [4.78, 5) is 0. The minimum atomic E-state index is -0.410. The average Bonchev–Trinajstić information content (AvgIpc) is 3.10. The molecule has 4 rings (SSSR count). The molecular weight excluding hydrogens is 392 g/mol. The number of rotatable bonds is 7. The normalized spacial score (nSPS) is 46.3. The Morgan fingerprint density at radius 3 is 2.22 bits per heavy atom. The molecule has 4 saturated carbocycles. The van der Waals surface area contributed by atoms with Crippen LogP contribution in [0.3, 0.4) is 0 Å². The molecule has 0 radical (unpaired) electrons. The lowest BCUT2D eigenvalue weighted by molar-refractivity contribution is -0.146. The quantitative estimate of drug-likeness (QED) is 0.414. The Kier molecular flexibility index (Phi) is 8.85. The van der Waals surface area contributed by atoms with Crippen molar-refractivity contribution in [1.82, 2.24) is 0 Å². The number of hydrogen-bond acceptors (Lipinski definition) is 2. The second-order valence-corrected chi connectivity index (χ2v) is 13.1. The van der Waals surface area contributed by atoms with Gasteiger partial charge in [-0.2, -0.15) is 0 Å². The van der Waals surface area contributed by atoms with E-state index in [0.29, 0.717) is 17.4 Å². The maximum Gasteiger partial charge on any atom is 0.0622 e. The molecular formula is C30H56O2. The highest BCUT2D eigenvalue weighted by Crippen LogP contribution is 2.68. The molecule has 0 aliphatic heterocycles. The largest absolute Gasteiger partial charge is 0.396 e. The van der Waals surface area contributed by atoms with E-state index in [9.17, 15) is 5.11 Å². The molecule has 2 N–H and O–H groups in total. The van der Waals surface area contributed by atoms with Crippen LogP contribution in [-0.4, -0.2) is 22.4 Å². The maximum absolute atomic E-state index is 10.7. The molecule has 0 spiro atoms. The fourth-order valence-corrected chi connectivity index (χ4v) is 9.31. The third-order valence-corrected chi connectivity index (χ3v) is 11.3. The number of aliphatic hydroxyl groups is 2. The van der Waals surface area contributed by atoms with Crippen molar-refractivity contribution in [2.45, 2.75) is 137 Å². The SMILES string of the molecule is CC.CC(CCCO)CCCC1CCC2C3CCC4C[C@@](C)(O)CCC4(C)C3CC[C@]12C. The maximum atomic E-state index is 10.7. The summed E-state index contributed by atoms with van der Waals surface area (Å²) in [6.07, 6.45) is 18.4. The molecule has 0 amide bonds. The van der Waals surface area contributed by atoms with Gasteiger partial charge in [-0.15, -0.1) is 0 Å². The molecule has 0 bridgehead atoms. The minimum absolute atomic E-state index is 0.354. The first-order valence-corrected chi connectivity index (χ1v) is 14.5. The zero-order valence-electron chi connectivity index (χ0n) is 22.5. The Balaban J connectivity index is 0.00000141. The van der Waals surface area contributed by atoms with Gasteiger partial charge in [0.1, 0.15) is 0 Å². The summed E-state index contributed by atoms with van der Waals surface area (Å²) in [5.41, 5.74) is 0.679. The van der Waals surface area contributed by atoms with E-state index in [4.69, 9.17) is 5.11 Å². The van der Waals surface area contributed by atoms with E-state index >= 15 is 0 Å². The number of aliphatic hydroxyl groups excluding tert-OH is 1. The third kappa shape index (κ3) is 5.12. The summed E-state index contributed by atoms with van der Waals surface area (Å²) < 4.78 is 0. The molecule has 0 aromatic carbocycles. The van der Waals surface area contributed by atoms with Crippen LogP contribution in [0.4, 0.5) is 0 Å². The van der Waals surface area contributed by atoms with Crippen LogP contribution < -0.4 is 0 Å². The van der Waals surface area contributed by atoms with Gasteiger partial charge in [-0.3, -0.25) is 0 Å². The van der Waals surface area contributed by atoms with Crippen LogP contribution >= 0.6 is 0 Å². The van der Waals surface area contributed by atoms with Gasteiger partial charge in [0.25, 0.3) is 0 Å². The zero-order chi connectivity index (χ0) is 23.6. The summed E-state index contributed by atoms with van der Waals surface area (Å²) in [5, 5.41) is 19.8. The average molecular weight is 449 g/mol. The summed E-state index contributed by atoms with van der Waals surface area (Å²) in [7, 11) is 0. The fourth-order valence-electron chi connectivity index (χ4n) is 9.31.